The molecular weight excluding hydrogens is 1930 g/mol. The quantitative estimate of drug-likeness (QED) is 0.0420. The molecule has 752 valence electrons. The van der Waals surface area contributed by atoms with Crippen molar-refractivity contribution < 1.29 is 95.6 Å². The minimum Gasteiger partial charge on any atom is -0.494 e. The Balaban J connectivity index is 0.000000288. The van der Waals surface area contributed by atoms with E-state index >= 15 is 0 Å². The number of guanidine groups is 3. The summed E-state index contributed by atoms with van der Waals surface area (Å²) in [7, 11) is 0. The molecule has 12 bridgehead atoms. The Labute approximate surface area is 837 Å². The number of hydrogen-bond donors (Lipinski definition) is 10. The van der Waals surface area contributed by atoms with Crippen molar-refractivity contribution in [2.45, 2.75) is 191 Å². The summed E-state index contributed by atoms with van der Waals surface area (Å²) in [6.45, 7) is 28.1. The first-order chi connectivity index (χ1) is 65.7. The van der Waals surface area contributed by atoms with Crippen LogP contribution in [0.2, 0.25) is 30.1 Å². The number of hydrogen-bond acceptors (Lipinski definition) is 28. The molecule has 0 saturated carbocycles. The lowest BCUT2D eigenvalue weighted by atomic mass is 10.1. The number of carbonyl (C=O) groups excluding carboxylic acids is 10. The van der Waals surface area contributed by atoms with Crippen molar-refractivity contribution in [2.24, 2.45) is 36.2 Å². The van der Waals surface area contributed by atoms with E-state index in [1.807, 2.05) is 24.3 Å². The average molecular weight is 2050 g/mol. The summed E-state index contributed by atoms with van der Waals surface area (Å²) in [5, 5.41) is 37.1. The Morgan fingerprint density at radius 2 is 0.755 bits per heavy atom. The Bertz CT molecular complexity index is 5380. The fourth-order valence-electron chi connectivity index (χ4n) is 12.0. The van der Waals surface area contributed by atoms with Gasteiger partial charge in [-0.05, 0) is 268 Å². The number of carbonyl (C=O) groups is 10. The van der Waals surface area contributed by atoms with Gasteiger partial charge in [-0.2, -0.15) is 0 Å². The first kappa shape index (κ1) is 113. The van der Waals surface area contributed by atoms with Gasteiger partial charge in [-0.15, -0.1) is 0 Å². The summed E-state index contributed by atoms with van der Waals surface area (Å²) in [4.78, 5) is 160. The van der Waals surface area contributed by atoms with Gasteiger partial charge in [0.2, 0.25) is 47.4 Å². The molecule has 0 saturated heterocycles. The van der Waals surface area contributed by atoms with Gasteiger partial charge in [0.15, 0.2) is 5.96 Å². The number of oxime groups is 3. The Hall–Kier alpha value is -12.7. The maximum atomic E-state index is 13.3. The molecule has 6 aromatic rings. The number of alkyl carbamates (subject to hydrolysis) is 2. The summed E-state index contributed by atoms with van der Waals surface area (Å²) < 4.78 is 39.2. The molecule has 12 aliphatic rings. The molecule has 12 heterocycles. The van der Waals surface area contributed by atoms with E-state index in [4.69, 9.17) is 123 Å². The largest absolute Gasteiger partial charge is 0.494 e. The number of anilines is 3. The minimum absolute atomic E-state index is 0.0437. The predicted octanol–water partition coefficient (Wildman–Crippen LogP) is 16.6. The Kier molecular flexibility index (Phi) is 45.4. The first-order valence-corrected chi connectivity index (χ1v) is 46.7. The van der Waals surface area contributed by atoms with Crippen molar-refractivity contribution in [2.75, 3.05) is 94.9 Å². The van der Waals surface area contributed by atoms with Gasteiger partial charge in [0, 0.05) is 29.8 Å². The summed E-state index contributed by atoms with van der Waals surface area (Å²) in [6, 6.07) is 30.4. The van der Waals surface area contributed by atoms with Crippen LogP contribution in [0, 0.1) is 0 Å². The van der Waals surface area contributed by atoms with E-state index in [0.717, 1.165) is 12.8 Å². The molecule has 6 aromatic carbocycles. The Morgan fingerprint density at radius 1 is 0.417 bits per heavy atom. The van der Waals surface area contributed by atoms with E-state index in [2.05, 4.69) is 78.3 Å². The summed E-state index contributed by atoms with van der Waals surface area (Å²) in [5.41, 5.74) is 7.88. The van der Waals surface area contributed by atoms with E-state index in [-0.39, 0.29) is 157 Å². The highest BCUT2D eigenvalue weighted by Crippen LogP contribution is 2.36. The van der Waals surface area contributed by atoms with Gasteiger partial charge >= 0.3 is 24.4 Å². The fraction of sp³-hybridized carbons (Fsp3) is 0.432. The lowest BCUT2D eigenvalue weighted by molar-refractivity contribution is -0.119. The third kappa shape index (κ3) is 43.1. The number of halogens is 6. The second-order valence-corrected chi connectivity index (χ2v) is 37.1. The maximum absolute atomic E-state index is 13.3. The topological polar surface area (TPSA) is 478 Å². The number of aliphatic imine (C=N–C) groups is 3. The van der Waals surface area contributed by atoms with E-state index in [1.165, 1.54) is 34.1 Å². The highest BCUT2D eigenvalue weighted by molar-refractivity contribution is 6.41. The van der Waals surface area contributed by atoms with Gasteiger partial charge in [0.05, 0.1) is 123 Å². The monoisotopic (exact) mass is 2040 g/mol. The zero-order valence-corrected chi connectivity index (χ0v) is 84.7. The van der Waals surface area contributed by atoms with E-state index < -0.39 is 76.3 Å². The van der Waals surface area contributed by atoms with Crippen molar-refractivity contribution in [3.05, 3.63) is 185 Å². The van der Waals surface area contributed by atoms with Crippen molar-refractivity contribution in [3.8, 4) is 17.2 Å². The second-order valence-electron chi connectivity index (χ2n) is 34.7. The van der Waals surface area contributed by atoms with E-state index in [0.29, 0.717) is 113 Å². The number of nitrogens with one attached hydrogen (secondary N) is 9. The zero-order chi connectivity index (χ0) is 102. The number of rotatable bonds is 6. The molecule has 0 unspecified atom stereocenters. The van der Waals surface area contributed by atoms with Crippen LogP contribution in [0.1, 0.15) is 182 Å². The van der Waals surface area contributed by atoms with Crippen molar-refractivity contribution in [3.63, 3.8) is 0 Å². The highest BCUT2D eigenvalue weighted by atomic mass is 35.5. The molecule has 0 aromatic heterocycles. The standard InChI is InChI=1S/C35H46Cl2N6O8.C35H44Cl2N6O8.C25H30Cl2N6O4/c2*1-8-49-42-27-19-28(44)40-31(41-32(46)50-34(2,3)4)38-20-22-17-25(36)30(26(37)18-22)39-29(45)21-43(33(47)51-35(5,6)7)15-9-10-16-48-24-13-11-23(27)12-14-24;1-2-37-33-21-13-22(34)32-25(28)30-14-16-11-19(26)24(20(27)12-16)31-23(35)15-29-9-3-4-10-36-18-7-5-17(21)6-8-18/h11-14,17-18H,8-10,15-16,19-21H2,1-7H3,(H,39,45)(H2,38,40,41,44,46);9-14,17-18H,8,15-16,19-21H2,1-7H3,(H,39,45)(H2,38,40,41,44,46);5-8,11-12,29H,2-4,9-10,13-15H2,1H3,(H,31,35)(H3,28,30,32,34). The van der Waals surface area contributed by atoms with Gasteiger partial charge in [0.1, 0.15) is 79.2 Å². The number of benzene rings is 6. The maximum Gasteiger partial charge on any atom is 0.414 e. The minimum atomic E-state index is -0.849. The second kappa shape index (κ2) is 55.8. The fourth-order valence-corrected chi connectivity index (χ4v) is 13.9. The highest BCUT2D eigenvalue weighted by Gasteiger charge is 2.30. The summed E-state index contributed by atoms with van der Waals surface area (Å²) >= 11 is 38.8. The van der Waals surface area contributed by atoms with Crippen molar-refractivity contribution in [1.82, 2.24) is 41.7 Å². The summed E-state index contributed by atoms with van der Waals surface area (Å²) in [5.74, 6) is -1.57. The molecule has 0 radical (unpaired) electrons. The van der Waals surface area contributed by atoms with Crippen molar-refractivity contribution >= 4 is 181 Å². The molecule has 0 fully saturated rings. The molecule has 0 atom stereocenters. The molecule has 18 rings (SSSR count). The molecule has 0 aliphatic carbocycles. The molecule has 38 nitrogen and oxygen atoms in total. The lowest BCUT2D eigenvalue weighted by Crippen LogP contribution is -2.46. The van der Waals surface area contributed by atoms with Crippen LogP contribution in [0.5, 0.6) is 17.2 Å². The van der Waals surface area contributed by atoms with Gasteiger partial charge in [-0.1, -0.05) is 91.1 Å². The smallest absolute Gasteiger partial charge is 0.414 e. The van der Waals surface area contributed by atoms with Gasteiger partial charge in [0.25, 0.3) is 0 Å². The van der Waals surface area contributed by atoms with Crippen LogP contribution in [0.3, 0.4) is 0 Å². The van der Waals surface area contributed by atoms with Crippen LogP contribution < -0.4 is 67.8 Å². The van der Waals surface area contributed by atoms with Crippen LogP contribution >= 0.6 is 69.6 Å². The third-order valence-electron chi connectivity index (χ3n) is 18.1. The lowest BCUT2D eigenvalue weighted by Gasteiger charge is -2.27. The van der Waals surface area contributed by atoms with Crippen LogP contribution in [-0.4, -0.2) is 206 Å². The Morgan fingerprint density at radius 3 is 1.13 bits per heavy atom. The van der Waals surface area contributed by atoms with E-state index in [9.17, 15) is 47.9 Å². The first-order valence-electron chi connectivity index (χ1n) is 44.4. The number of nitrogens with zero attached hydrogens (tertiary/aromatic N) is 8. The summed E-state index contributed by atoms with van der Waals surface area (Å²) in [6.07, 6.45) is 2.52. The average Bonchev–Trinajstić information content (AvgIpc) is 0.826. The van der Waals surface area contributed by atoms with Crippen LogP contribution in [0.4, 0.5) is 36.2 Å². The third-order valence-corrected chi connectivity index (χ3v) is 19.8. The van der Waals surface area contributed by atoms with Crippen LogP contribution in [0.15, 0.2) is 152 Å². The molecular formula is C95H120Cl6N18O20. The number of nitrogens with two attached hydrogens (primary N) is 1. The van der Waals surface area contributed by atoms with Crippen LogP contribution in [0.25, 0.3) is 0 Å². The van der Waals surface area contributed by atoms with E-state index in [1.54, 1.807) is 177 Å². The molecule has 44 heteroatoms. The normalized spacial score (nSPS) is 16.5. The molecule has 11 N–H and O–H groups in total. The van der Waals surface area contributed by atoms with Gasteiger partial charge < -0.3 is 74.7 Å². The van der Waals surface area contributed by atoms with Gasteiger partial charge in [-0.3, -0.25) is 65.2 Å². The molecule has 0 spiro atoms. The number of ether oxygens (including phenoxy) is 7. The SMILES string of the molecule is CCON=C1CC(=O)NC(N)=NCc2cc(Cl)c(c(Cl)c2)NC(=O)CNCCCCOc2ccc1cc2.CCON=C1CC(=O)NC(NC(=O)OC(C)(C)C)=NCc2cc(Cl)c(c(Cl)c2)NC(=O)CN(C(=O)OC(C)(C)C)CC=CCOc2ccc1cc2.CCON=C1CC(=O)NC(NC(=O)OC(C)(C)C)=NCc2cc(Cl)c(c(Cl)c2)NC(=O)CN(C(=O)OC(C)(C)C)CCCCOc2ccc1cc2. The molecule has 10 amide bonds. The van der Waals surface area contributed by atoms with Crippen LogP contribution in [-0.2, 0) is 81.9 Å². The molecule has 139 heavy (non-hydrogen) atoms. The van der Waals surface area contributed by atoms with Gasteiger partial charge in [-0.25, -0.2) is 34.2 Å². The molecule has 12 aliphatic heterocycles. The predicted molar refractivity (Wildman–Crippen MR) is 536 cm³/mol. The van der Waals surface area contributed by atoms with Crippen molar-refractivity contribution in [1.29, 1.82) is 0 Å². The zero-order valence-electron chi connectivity index (χ0n) is 80.2. The number of amides is 10.